The quantitative estimate of drug-likeness (QED) is 0.249. The fraction of sp³-hybridized carbons (Fsp3) is 0.0323. The van der Waals surface area contributed by atoms with Crippen LogP contribution in [0.4, 0.5) is 0 Å². The summed E-state index contributed by atoms with van der Waals surface area (Å²) in [6.07, 6.45) is 0. The zero-order chi connectivity index (χ0) is 23.5. The molecule has 5 rings (SSSR count). The normalized spacial score (nSPS) is 11.0. The maximum absolute atomic E-state index is 9.95. The van der Waals surface area contributed by atoms with Crippen molar-refractivity contribution in [2.24, 2.45) is 0 Å². The Hall–Kier alpha value is -4.50. The molecule has 0 aliphatic heterocycles. The highest BCUT2D eigenvalue weighted by molar-refractivity contribution is 5.75. The highest BCUT2D eigenvalue weighted by Gasteiger charge is 2.23. The molecule has 3 heteroatoms. The van der Waals surface area contributed by atoms with Crippen molar-refractivity contribution in [1.29, 1.82) is 0 Å². The number of hydrogen-bond donors (Lipinski definition) is 3. The van der Waals surface area contributed by atoms with Crippen LogP contribution in [0.25, 0.3) is 22.3 Å². The van der Waals surface area contributed by atoms with Crippen molar-refractivity contribution in [3.63, 3.8) is 0 Å². The van der Waals surface area contributed by atoms with Crippen molar-refractivity contribution in [1.82, 2.24) is 0 Å². The van der Waals surface area contributed by atoms with Crippen LogP contribution < -0.4 is 0 Å². The summed E-state index contributed by atoms with van der Waals surface area (Å²) in [5.41, 5.74) is 7.45. The summed E-state index contributed by atoms with van der Waals surface area (Å²) in [5.74, 6) is 0.569. The van der Waals surface area contributed by atoms with E-state index in [-0.39, 0.29) is 23.2 Å². The van der Waals surface area contributed by atoms with Gasteiger partial charge in [-0.1, -0.05) is 84.9 Å². The maximum Gasteiger partial charge on any atom is 0.115 e. The Morgan fingerprint density at radius 3 is 1.15 bits per heavy atom. The Kier molecular flexibility index (Phi) is 5.75. The fourth-order valence-corrected chi connectivity index (χ4v) is 4.50. The van der Waals surface area contributed by atoms with Crippen molar-refractivity contribution < 1.29 is 15.3 Å². The summed E-state index contributed by atoms with van der Waals surface area (Å²) in [5, 5.41) is 29.6. The van der Waals surface area contributed by atoms with Gasteiger partial charge in [-0.15, -0.1) is 0 Å². The Balaban J connectivity index is 1.75. The predicted molar refractivity (Wildman–Crippen MR) is 136 cm³/mol. The highest BCUT2D eigenvalue weighted by Crippen LogP contribution is 2.42. The molecule has 0 bridgehead atoms. The third-order valence-corrected chi connectivity index (χ3v) is 6.13. The first-order chi connectivity index (χ1) is 16.6. The zero-order valence-electron chi connectivity index (χ0n) is 18.5. The maximum atomic E-state index is 9.95. The molecule has 5 aromatic carbocycles. The molecular weight excluding hydrogens is 420 g/mol. The molecule has 3 N–H and O–H groups in total. The minimum Gasteiger partial charge on any atom is -0.508 e. The van der Waals surface area contributed by atoms with Gasteiger partial charge in [0.15, 0.2) is 0 Å². The third kappa shape index (κ3) is 4.24. The summed E-state index contributed by atoms with van der Waals surface area (Å²) in [7, 11) is 0. The summed E-state index contributed by atoms with van der Waals surface area (Å²) < 4.78 is 0. The minimum atomic E-state index is -0.115. The summed E-state index contributed by atoms with van der Waals surface area (Å²) >= 11 is 0. The molecule has 0 aromatic heterocycles. The van der Waals surface area contributed by atoms with Gasteiger partial charge in [-0.2, -0.15) is 0 Å². The molecule has 0 radical (unpaired) electrons. The van der Waals surface area contributed by atoms with E-state index in [1.165, 1.54) is 0 Å². The van der Waals surface area contributed by atoms with E-state index in [0.717, 1.165) is 38.9 Å². The molecule has 0 aliphatic carbocycles. The molecular formula is C31H24O3. The second-order valence-corrected chi connectivity index (χ2v) is 8.29. The number of aromatic hydroxyl groups is 3. The lowest BCUT2D eigenvalue weighted by Crippen LogP contribution is -2.07. The van der Waals surface area contributed by atoms with Crippen LogP contribution in [0, 0.1) is 0 Å². The molecule has 5 aromatic rings. The van der Waals surface area contributed by atoms with Crippen molar-refractivity contribution in [2.45, 2.75) is 5.92 Å². The molecule has 0 unspecified atom stereocenters. The van der Waals surface area contributed by atoms with E-state index in [2.05, 4.69) is 24.3 Å². The lowest BCUT2D eigenvalue weighted by molar-refractivity contribution is 0.474. The first-order valence-corrected chi connectivity index (χ1v) is 11.2. The van der Waals surface area contributed by atoms with Gasteiger partial charge in [-0.25, -0.2) is 0 Å². The Labute approximate surface area is 198 Å². The van der Waals surface area contributed by atoms with E-state index in [1.54, 1.807) is 36.4 Å². The van der Waals surface area contributed by atoms with Gasteiger partial charge in [0, 0.05) is 5.92 Å². The average Bonchev–Trinajstić information content (AvgIpc) is 2.87. The second kappa shape index (κ2) is 9.16. The molecule has 0 spiro atoms. The van der Waals surface area contributed by atoms with Gasteiger partial charge in [0.1, 0.15) is 17.2 Å². The van der Waals surface area contributed by atoms with E-state index in [0.29, 0.717) is 0 Å². The standard InChI is InChI=1S/C31H24O3/c32-24-15-9-21(10-16-24)27-5-1-3-7-29(27)31(23-13-19-26(34)20-14-23)30-8-4-2-6-28(30)22-11-17-25(33)18-12-22/h1-20,31-34H. The number of benzene rings is 5. The van der Waals surface area contributed by atoms with Crippen LogP contribution in [-0.4, -0.2) is 15.3 Å². The molecule has 0 saturated heterocycles. The number of phenols is 3. The van der Waals surface area contributed by atoms with Gasteiger partial charge in [0.2, 0.25) is 0 Å². The Morgan fingerprint density at radius 1 is 0.382 bits per heavy atom. The summed E-state index contributed by atoms with van der Waals surface area (Å²) in [4.78, 5) is 0. The fourth-order valence-electron chi connectivity index (χ4n) is 4.50. The number of hydrogen-bond acceptors (Lipinski definition) is 3. The van der Waals surface area contributed by atoms with Gasteiger partial charge in [-0.3, -0.25) is 0 Å². The van der Waals surface area contributed by atoms with Gasteiger partial charge in [0.05, 0.1) is 0 Å². The van der Waals surface area contributed by atoms with Crippen LogP contribution in [-0.2, 0) is 0 Å². The van der Waals surface area contributed by atoms with Crippen molar-refractivity contribution in [2.75, 3.05) is 0 Å². The van der Waals surface area contributed by atoms with Crippen molar-refractivity contribution in [3.8, 4) is 39.5 Å². The number of rotatable bonds is 5. The molecule has 0 fully saturated rings. The van der Waals surface area contributed by atoms with Gasteiger partial charge in [0.25, 0.3) is 0 Å². The van der Waals surface area contributed by atoms with Crippen LogP contribution in [0.15, 0.2) is 121 Å². The van der Waals surface area contributed by atoms with Gasteiger partial charge in [-0.05, 0) is 75.3 Å². The minimum absolute atomic E-state index is 0.115. The first kappa shape index (κ1) is 21.4. The predicted octanol–water partition coefficient (Wildman–Crippen LogP) is 7.32. The van der Waals surface area contributed by atoms with Gasteiger partial charge < -0.3 is 15.3 Å². The molecule has 0 aliphatic rings. The third-order valence-electron chi connectivity index (χ3n) is 6.13. The first-order valence-electron chi connectivity index (χ1n) is 11.2. The highest BCUT2D eigenvalue weighted by atomic mass is 16.3. The summed E-state index contributed by atoms with van der Waals surface area (Å²) in [6.45, 7) is 0. The van der Waals surface area contributed by atoms with E-state index >= 15 is 0 Å². The molecule has 0 saturated carbocycles. The van der Waals surface area contributed by atoms with Crippen LogP contribution in [0.5, 0.6) is 17.2 Å². The van der Waals surface area contributed by atoms with E-state index < -0.39 is 0 Å². The lowest BCUT2D eigenvalue weighted by Gasteiger charge is -2.25. The van der Waals surface area contributed by atoms with E-state index in [4.69, 9.17) is 0 Å². The SMILES string of the molecule is Oc1ccc(-c2ccccc2C(c2ccc(O)cc2)c2ccccc2-c2ccc(O)cc2)cc1. The summed E-state index contributed by atoms with van der Waals surface area (Å²) in [6, 6.07) is 38.4. The lowest BCUT2D eigenvalue weighted by atomic mass is 9.78. The largest absolute Gasteiger partial charge is 0.508 e. The van der Waals surface area contributed by atoms with Crippen LogP contribution in [0.1, 0.15) is 22.6 Å². The zero-order valence-corrected chi connectivity index (χ0v) is 18.5. The topological polar surface area (TPSA) is 60.7 Å². The molecule has 166 valence electrons. The molecule has 34 heavy (non-hydrogen) atoms. The molecule has 0 atom stereocenters. The Bertz CT molecular complexity index is 1310. The molecule has 0 heterocycles. The second-order valence-electron chi connectivity index (χ2n) is 8.29. The Morgan fingerprint density at radius 2 is 0.735 bits per heavy atom. The average molecular weight is 445 g/mol. The van der Waals surface area contributed by atoms with Crippen LogP contribution in [0.3, 0.4) is 0 Å². The van der Waals surface area contributed by atoms with E-state index in [1.807, 2.05) is 60.7 Å². The van der Waals surface area contributed by atoms with E-state index in [9.17, 15) is 15.3 Å². The van der Waals surface area contributed by atoms with Crippen molar-refractivity contribution in [3.05, 3.63) is 138 Å². The van der Waals surface area contributed by atoms with Crippen molar-refractivity contribution >= 4 is 0 Å². The van der Waals surface area contributed by atoms with Crippen LogP contribution >= 0.6 is 0 Å². The molecule has 0 amide bonds. The monoisotopic (exact) mass is 444 g/mol. The smallest absolute Gasteiger partial charge is 0.115 e. The van der Waals surface area contributed by atoms with Gasteiger partial charge >= 0.3 is 0 Å². The van der Waals surface area contributed by atoms with Crippen LogP contribution in [0.2, 0.25) is 0 Å². The number of phenolic OH excluding ortho intramolecular Hbond substituents is 3. The molecule has 3 nitrogen and oxygen atoms in total.